The van der Waals surface area contributed by atoms with Crippen LogP contribution in [-0.2, 0) is 9.84 Å². The van der Waals surface area contributed by atoms with Crippen molar-refractivity contribution in [3.8, 4) is 0 Å². The molecule has 0 amide bonds. The Morgan fingerprint density at radius 1 is 0.875 bits per heavy atom. The molecule has 24 heavy (non-hydrogen) atoms. The van der Waals surface area contributed by atoms with Gasteiger partial charge in [-0.15, -0.1) is 0 Å². The van der Waals surface area contributed by atoms with Gasteiger partial charge in [-0.25, -0.2) is 8.42 Å². The number of benzene rings is 3. The van der Waals surface area contributed by atoms with Crippen molar-refractivity contribution in [2.24, 2.45) is 0 Å². The zero-order chi connectivity index (χ0) is 17.2. The molecule has 0 atom stereocenters. The third-order valence-corrected chi connectivity index (χ3v) is 5.83. The Bertz CT molecular complexity index is 993. The van der Waals surface area contributed by atoms with Gasteiger partial charge in [0, 0.05) is 17.0 Å². The predicted octanol–water partition coefficient (Wildman–Crippen LogP) is 4.54. The minimum Gasteiger partial charge on any atom is -0.294 e. The summed E-state index contributed by atoms with van der Waals surface area (Å²) in [5.74, 6) is -0.404. The second-order valence-electron chi connectivity index (χ2n) is 5.51. The van der Waals surface area contributed by atoms with Gasteiger partial charge >= 0.3 is 0 Å². The van der Waals surface area contributed by atoms with Gasteiger partial charge in [-0.3, -0.25) is 4.79 Å². The first-order valence-electron chi connectivity index (χ1n) is 7.46. The van der Waals surface area contributed by atoms with Crippen molar-refractivity contribution in [2.45, 2.75) is 11.3 Å². The molecule has 0 spiro atoms. The highest BCUT2D eigenvalue weighted by molar-refractivity contribution is 7.91. The second-order valence-corrected chi connectivity index (χ2v) is 8.05. The Kier molecular flexibility index (Phi) is 4.69. The Labute approximate surface area is 145 Å². The summed E-state index contributed by atoms with van der Waals surface area (Å²) in [7, 11) is -3.50. The van der Waals surface area contributed by atoms with Crippen LogP contribution in [0.4, 0.5) is 0 Å². The van der Waals surface area contributed by atoms with E-state index >= 15 is 0 Å². The highest BCUT2D eigenvalue weighted by Gasteiger charge is 2.17. The van der Waals surface area contributed by atoms with Crippen molar-refractivity contribution in [3.05, 3.63) is 77.3 Å². The van der Waals surface area contributed by atoms with Crippen LogP contribution in [0.3, 0.4) is 0 Å². The second kappa shape index (κ2) is 6.75. The molecule has 0 heterocycles. The van der Waals surface area contributed by atoms with E-state index in [1.165, 1.54) is 24.3 Å². The van der Waals surface area contributed by atoms with E-state index in [4.69, 9.17) is 11.6 Å². The van der Waals surface area contributed by atoms with Gasteiger partial charge < -0.3 is 0 Å². The van der Waals surface area contributed by atoms with Crippen LogP contribution in [0.25, 0.3) is 10.8 Å². The molecule has 0 saturated heterocycles. The van der Waals surface area contributed by atoms with Gasteiger partial charge in [0.2, 0.25) is 0 Å². The van der Waals surface area contributed by atoms with E-state index in [0.717, 1.165) is 10.8 Å². The van der Waals surface area contributed by atoms with Crippen LogP contribution in [0.2, 0.25) is 5.02 Å². The number of hydrogen-bond donors (Lipinski definition) is 0. The molecule has 0 N–H and O–H groups in total. The maximum absolute atomic E-state index is 12.3. The van der Waals surface area contributed by atoms with Gasteiger partial charge in [-0.05, 0) is 41.1 Å². The minimum atomic E-state index is -3.50. The molecule has 0 saturated carbocycles. The normalized spacial score (nSPS) is 11.5. The van der Waals surface area contributed by atoms with E-state index in [1.54, 1.807) is 12.1 Å². The zero-order valence-corrected chi connectivity index (χ0v) is 14.3. The van der Waals surface area contributed by atoms with E-state index in [9.17, 15) is 13.2 Å². The lowest BCUT2D eigenvalue weighted by molar-refractivity contribution is 0.0989. The number of carbonyl (C=O) groups excluding carboxylic acids is 1. The minimum absolute atomic E-state index is 0.0523. The fraction of sp³-hybridized carbons (Fsp3) is 0.105. The molecule has 0 unspecified atom stereocenters. The van der Waals surface area contributed by atoms with Crippen LogP contribution < -0.4 is 0 Å². The lowest BCUT2D eigenvalue weighted by Gasteiger charge is -2.06. The van der Waals surface area contributed by atoms with Crippen LogP contribution >= 0.6 is 11.6 Å². The number of carbonyl (C=O) groups is 1. The molecule has 0 aromatic heterocycles. The standard InChI is InChI=1S/C19H15ClO3S/c20-17-7-9-18(10-8-17)24(22,23)12-11-19(21)16-6-5-14-3-1-2-4-15(14)13-16/h1-10,13H,11-12H2. The molecule has 3 nitrogen and oxygen atoms in total. The number of halogens is 1. The molecule has 0 fully saturated rings. The van der Waals surface area contributed by atoms with Gasteiger partial charge in [0.25, 0.3) is 0 Å². The molecule has 0 aliphatic carbocycles. The largest absolute Gasteiger partial charge is 0.294 e. The van der Waals surface area contributed by atoms with Crippen LogP contribution in [0, 0.1) is 0 Å². The van der Waals surface area contributed by atoms with Crippen molar-refractivity contribution in [1.82, 2.24) is 0 Å². The maximum atomic E-state index is 12.3. The summed E-state index contributed by atoms with van der Waals surface area (Å²) in [6, 6.07) is 19.1. The Morgan fingerprint density at radius 2 is 1.54 bits per heavy atom. The van der Waals surface area contributed by atoms with Gasteiger partial charge in [0.05, 0.1) is 10.6 Å². The average Bonchev–Trinajstić information content (AvgIpc) is 2.59. The first kappa shape index (κ1) is 16.7. The van der Waals surface area contributed by atoms with Crippen LogP contribution in [-0.4, -0.2) is 20.0 Å². The number of sulfone groups is 1. The zero-order valence-electron chi connectivity index (χ0n) is 12.8. The molecule has 3 aromatic rings. The lowest BCUT2D eigenvalue weighted by Crippen LogP contribution is -2.11. The number of Topliss-reactive ketones (excluding diaryl/α,β-unsaturated/α-hetero) is 1. The summed E-state index contributed by atoms with van der Waals surface area (Å²) in [6.45, 7) is 0. The highest BCUT2D eigenvalue weighted by Crippen LogP contribution is 2.19. The van der Waals surface area contributed by atoms with E-state index in [1.807, 2.05) is 30.3 Å². The summed E-state index contributed by atoms with van der Waals surface area (Å²) in [6.07, 6.45) is -0.0523. The summed E-state index contributed by atoms with van der Waals surface area (Å²) in [4.78, 5) is 12.5. The van der Waals surface area contributed by atoms with E-state index in [2.05, 4.69) is 0 Å². The molecular formula is C19H15ClO3S. The van der Waals surface area contributed by atoms with E-state index in [-0.39, 0.29) is 22.9 Å². The highest BCUT2D eigenvalue weighted by atomic mass is 35.5. The van der Waals surface area contributed by atoms with Gasteiger partial charge in [-0.2, -0.15) is 0 Å². The first-order valence-corrected chi connectivity index (χ1v) is 9.49. The topological polar surface area (TPSA) is 51.2 Å². The van der Waals surface area contributed by atoms with E-state index in [0.29, 0.717) is 10.6 Å². The lowest BCUT2D eigenvalue weighted by atomic mass is 10.0. The Morgan fingerprint density at radius 3 is 2.25 bits per heavy atom. The van der Waals surface area contributed by atoms with Crippen molar-refractivity contribution >= 4 is 38.0 Å². The molecule has 0 bridgehead atoms. The fourth-order valence-electron chi connectivity index (χ4n) is 2.49. The third-order valence-electron chi connectivity index (χ3n) is 3.84. The molecule has 3 rings (SSSR count). The van der Waals surface area contributed by atoms with Gasteiger partial charge in [-0.1, -0.05) is 48.0 Å². The SMILES string of the molecule is O=C(CCS(=O)(=O)c1ccc(Cl)cc1)c1ccc2ccccc2c1. The fourth-order valence-corrected chi connectivity index (χ4v) is 3.86. The number of rotatable bonds is 5. The van der Waals surface area contributed by atoms with Crippen molar-refractivity contribution in [2.75, 3.05) is 5.75 Å². The molecule has 0 aliphatic heterocycles. The van der Waals surface area contributed by atoms with Crippen molar-refractivity contribution in [3.63, 3.8) is 0 Å². The molecular weight excluding hydrogens is 344 g/mol. The molecule has 0 aliphatic rings. The monoisotopic (exact) mass is 358 g/mol. The smallest absolute Gasteiger partial charge is 0.178 e. The quantitative estimate of drug-likeness (QED) is 0.629. The predicted molar refractivity (Wildman–Crippen MR) is 96.4 cm³/mol. The molecule has 0 radical (unpaired) electrons. The Balaban J connectivity index is 1.75. The molecule has 5 heteroatoms. The molecule has 3 aromatic carbocycles. The summed E-state index contributed by atoms with van der Waals surface area (Å²) in [5, 5.41) is 2.48. The van der Waals surface area contributed by atoms with E-state index < -0.39 is 9.84 Å². The third kappa shape index (κ3) is 3.66. The van der Waals surface area contributed by atoms with Crippen LogP contribution in [0.15, 0.2) is 71.6 Å². The Hall–Kier alpha value is -2.17. The summed E-state index contributed by atoms with van der Waals surface area (Å²) < 4.78 is 24.6. The maximum Gasteiger partial charge on any atom is 0.178 e. The molecule has 122 valence electrons. The summed E-state index contributed by atoms with van der Waals surface area (Å²) >= 11 is 5.77. The summed E-state index contributed by atoms with van der Waals surface area (Å²) in [5.41, 5.74) is 0.528. The van der Waals surface area contributed by atoms with Crippen LogP contribution in [0.1, 0.15) is 16.8 Å². The first-order chi connectivity index (χ1) is 11.5. The number of ketones is 1. The number of fused-ring (bicyclic) bond motifs is 1. The van der Waals surface area contributed by atoms with Gasteiger partial charge in [0.1, 0.15) is 0 Å². The average molecular weight is 359 g/mol. The van der Waals surface area contributed by atoms with Crippen molar-refractivity contribution < 1.29 is 13.2 Å². The van der Waals surface area contributed by atoms with Crippen LogP contribution in [0.5, 0.6) is 0 Å². The number of hydrogen-bond acceptors (Lipinski definition) is 3. The van der Waals surface area contributed by atoms with Gasteiger partial charge in [0.15, 0.2) is 15.6 Å². The van der Waals surface area contributed by atoms with Crippen molar-refractivity contribution in [1.29, 1.82) is 0 Å².